The molecule has 0 saturated carbocycles. The highest BCUT2D eigenvalue weighted by atomic mass is 19.4. The first-order chi connectivity index (χ1) is 12.1. The van der Waals surface area contributed by atoms with E-state index >= 15 is 0 Å². The van der Waals surface area contributed by atoms with Crippen molar-refractivity contribution >= 4 is 16.9 Å². The van der Waals surface area contributed by atoms with E-state index in [1.807, 2.05) is 0 Å². The van der Waals surface area contributed by atoms with E-state index in [4.69, 9.17) is 0 Å². The maximum Gasteiger partial charge on any atom is 0.438 e. The van der Waals surface area contributed by atoms with Gasteiger partial charge in [-0.05, 0) is 56.9 Å². The number of alkyl halides is 3. The molecular weight excluding hydrogens is 347 g/mol. The molecular formula is C18H20F3N3O2. The highest BCUT2D eigenvalue weighted by Crippen LogP contribution is 2.29. The number of rotatable bonds is 2. The third-order valence-electron chi connectivity index (χ3n) is 4.93. The monoisotopic (exact) mass is 367 g/mol. The molecule has 26 heavy (non-hydrogen) atoms. The van der Waals surface area contributed by atoms with Crippen molar-refractivity contribution in [2.24, 2.45) is 0 Å². The van der Waals surface area contributed by atoms with E-state index in [0.29, 0.717) is 13.1 Å². The summed E-state index contributed by atoms with van der Waals surface area (Å²) in [5.41, 5.74) is -0.898. The zero-order chi connectivity index (χ0) is 19.2. The summed E-state index contributed by atoms with van der Waals surface area (Å²) in [6.07, 6.45) is -3.17. The molecule has 5 nitrogen and oxygen atoms in total. The van der Waals surface area contributed by atoms with Gasteiger partial charge in [0, 0.05) is 13.1 Å². The molecule has 2 aromatic rings. The van der Waals surface area contributed by atoms with Gasteiger partial charge < -0.3 is 4.90 Å². The molecule has 140 valence electrons. The van der Waals surface area contributed by atoms with Gasteiger partial charge in [-0.2, -0.15) is 13.2 Å². The number of benzene rings is 1. The first kappa shape index (κ1) is 18.4. The summed E-state index contributed by atoms with van der Waals surface area (Å²) in [5, 5.41) is 0. The molecule has 0 N–H and O–H groups in total. The van der Waals surface area contributed by atoms with E-state index in [2.05, 4.69) is 4.98 Å². The normalized spacial score (nSPS) is 16.3. The van der Waals surface area contributed by atoms with Gasteiger partial charge in [0.2, 0.25) is 11.6 Å². The van der Waals surface area contributed by atoms with Gasteiger partial charge >= 0.3 is 6.18 Å². The first-order valence-corrected chi connectivity index (χ1v) is 8.50. The SMILES string of the molecule is Cc1cc2nc(C(F)(F)F)c(=O)n(C(C)C(=O)N3CCCC3)c2cc1C. The Bertz CT molecular complexity index is 928. The number of hydrogen-bond donors (Lipinski definition) is 0. The summed E-state index contributed by atoms with van der Waals surface area (Å²) < 4.78 is 40.9. The predicted molar refractivity (Wildman–Crippen MR) is 91.0 cm³/mol. The van der Waals surface area contributed by atoms with Gasteiger partial charge in [0.25, 0.3) is 5.56 Å². The lowest BCUT2D eigenvalue weighted by molar-refractivity contribution is -0.143. The molecule has 1 saturated heterocycles. The van der Waals surface area contributed by atoms with Crippen LogP contribution in [0.15, 0.2) is 16.9 Å². The zero-order valence-electron chi connectivity index (χ0n) is 14.9. The standard InChI is InChI=1S/C18H20F3N3O2/c1-10-8-13-14(9-11(10)2)24(17(26)15(22-13)18(19,20)21)12(3)16(25)23-6-4-5-7-23/h8-9,12H,4-7H2,1-3H3. The maximum atomic E-state index is 13.3. The lowest BCUT2D eigenvalue weighted by Crippen LogP contribution is -2.40. The van der Waals surface area contributed by atoms with Crippen LogP contribution in [0.2, 0.25) is 0 Å². The molecule has 0 aliphatic carbocycles. The average Bonchev–Trinajstić information content (AvgIpc) is 3.08. The van der Waals surface area contributed by atoms with Crippen LogP contribution in [0.3, 0.4) is 0 Å². The number of carbonyl (C=O) groups excluding carboxylic acids is 1. The zero-order valence-corrected chi connectivity index (χ0v) is 14.9. The summed E-state index contributed by atoms with van der Waals surface area (Å²) >= 11 is 0. The highest BCUT2D eigenvalue weighted by Gasteiger charge is 2.39. The number of hydrogen-bond acceptors (Lipinski definition) is 3. The summed E-state index contributed by atoms with van der Waals surface area (Å²) in [6, 6.07) is 2.10. The average molecular weight is 367 g/mol. The summed E-state index contributed by atoms with van der Waals surface area (Å²) in [7, 11) is 0. The van der Waals surface area contributed by atoms with Gasteiger partial charge in [-0.3, -0.25) is 14.2 Å². The summed E-state index contributed by atoms with van der Waals surface area (Å²) in [6.45, 7) is 6.15. The fourth-order valence-corrected chi connectivity index (χ4v) is 3.34. The van der Waals surface area contributed by atoms with Crippen LogP contribution in [-0.4, -0.2) is 33.4 Å². The second kappa shape index (κ2) is 6.41. The molecule has 1 aliphatic heterocycles. The van der Waals surface area contributed by atoms with Crippen molar-refractivity contribution in [3.63, 3.8) is 0 Å². The summed E-state index contributed by atoms with van der Waals surface area (Å²) in [5.74, 6) is -0.344. The van der Waals surface area contributed by atoms with Crippen molar-refractivity contribution < 1.29 is 18.0 Å². The van der Waals surface area contributed by atoms with Crippen LogP contribution >= 0.6 is 0 Å². The van der Waals surface area contributed by atoms with Crippen LogP contribution in [0.1, 0.15) is 42.6 Å². The molecule has 1 aliphatic rings. The van der Waals surface area contributed by atoms with Crippen LogP contribution in [-0.2, 0) is 11.0 Å². The molecule has 1 aromatic heterocycles. The number of fused-ring (bicyclic) bond motifs is 1. The van der Waals surface area contributed by atoms with Crippen molar-refractivity contribution in [2.45, 2.75) is 45.8 Å². The first-order valence-electron chi connectivity index (χ1n) is 8.50. The van der Waals surface area contributed by atoms with Crippen LogP contribution in [0.4, 0.5) is 13.2 Å². The van der Waals surface area contributed by atoms with E-state index in [1.165, 1.54) is 13.0 Å². The fourth-order valence-electron chi connectivity index (χ4n) is 3.34. The van der Waals surface area contributed by atoms with Crippen molar-refractivity contribution in [3.8, 4) is 0 Å². The molecule has 2 heterocycles. The van der Waals surface area contributed by atoms with Crippen molar-refractivity contribution in [1.82, 2.24) is 14.5 Å². The van der Waals surface area contributed by atoms with E-state index in [-0.39, 0.29) is 16.9 Å². The number of likely N-dealkylation sites (tertiary alicyclic amines) is 1. The van der Waals surface area contributed by atoms with Crippen LogP contribution < -0.4 is 5.56 Å². The molecule has 0 spiro atoms. The number of halogens is 3. The van der Waals surface area contributed by atoms with E-state index < -0.39 is 23.5 Å². The second-order valence-corrected chi connectivity index (χ2v) is 6.77. The van der Waals surface area contributed by atoms with E-state index in [0.717, 1.165) is 28.5 Å². The molecule has 3 rings (SSSR count). The molecule has 1 atom stereocenters. The number of amides is 1. The van der Waals surface area contributed by atoms with Crippen molar-refractivity contribution in [3.05, 3.63) is 39.3 Å². The highest BCUT2D eigenvalue weighted by molar-refractivity contribution is 5.84. The van der Waals surface area contributed by atoms with Gasteiger partial charge in [-0.25, -0.2) is 4.98 Å². The molecule has 0 bridgehead atoms. The molecule has 1 fully saturated rings. The molecule has 1 unspecified atom stereocenters. The fraction of sp³-hybridized carbons (Fsp3) is 0.500. The Hall–Kier alpha value is -2.38. The quantitative estimate of drug-likeness (QED) is 0.819. The third-order valence-corrected chi connectivity index (χ3v) is 4.93. The van der Waals surface area contributed by atoms with Crippen LogP contribution in [0, 0.1) is 13.8 Å². The Balaban J connectivity index is 2.27. The maximum absolute atomic E-state index is 13.3. The molecule has 0 radical (unpaired) electrons. The Morgan fingerprint density at radius 2 is 1.73 bits per heavy atom. The smallest absolute Gasteiger partial charge is 0.341 e. The number of aromatic nitrogens is 2. The second-order valence-electron chi connectivity index (χ2n) is 6.77. The van der Waals surface area contributed by atoms with Gasteiger partial charge in [-0.1, -0.05) is 0 Å². The Labute approximate surface area is 148 Å². The lowest BCUT2D eigenvalue weighted by Gasteiger charge is -2.24. The molecule has 1 amide bonds. The summed E-state index contributed by atoms with van der Waals surface area (Å²) in [4.78, 5) is 30.5. The van der Waals surface area contributed by atoms with Crippen LogP contribution in [0.25, 0.3) is 11.0 Å². The van der Waals surface area contributed by atoms with Gasteiger partial charge in [0.15, 0.2) is 0 Å². The lowest BCUT2D eigenvalue weighted by atomic mass is 10.1. The number of nitrogens with zero attached hydrogens (tertiary/aromatic N) is 3. The minimum Gasteiger partial charge on any atom is -0.341 e. The molecule has 8 heteroatoms. The number of aryl methyl sites for hydroxylation is 2. The van der Waals surface area contributed by atoms with Crippen LogP contribution in [0.5, 0.6) is 0 Å². The number of carbonyl (C=O) groups is 1. The largest absolute Gasteiger partial charge is 0.438 e. The topological polar surface area (TPSA) is 55.2 Å². The third kappa shape index (κ3) is 3.08. The van der Waals surface area contributed by atoms with Gasteiger partial charge in [-0.15, -0.1) is 0 Å². The minimum absolute atomic E-state index is 0.0566. The Morgan fingerprint density at radius 1 is 1.15 bits per heavy atom. The van der Waals surface area contributed by atoms with E-state index in [1.54, 1.807) is 24.8 Å². The van der Waals surface area contributed by atoms with Crippen molar-refractivity contribution in [2.75, 3.05) is 13.1 Å². The van der Waals surface area contributed by atoms with Crippen molar-refractivity contribution in [1.29, 1.82) is 0 Å². The Morgan fingerprint density at radius 3 is 2.31 bits per heavy atom. The minimum atomic E-state index is -4.89. The Kier molecular flexibility index (Phi) is 4.54. The molecule has 1 aromatic carbocycles. The van der Waals surface area contributed by atoms with Gasteiger partial charge in [0.05, 0.1) is 11.0 Å². The predicted octanol–water partition coefficient (Wildman–Crippen LogP) is 3.22. The van der Waals surface area contributed by atoms with Gasteiger partial charge in [0.1, 0.15) is 6.04 Å². The van der Waals surface area contributed by atoms with E-state index in [9.17, 15) is 22.8 Å².